The molecule has 1 saturated heterocycles. The Kier molecular flexibility index (Phi) is 12.4. The number of hydrogen-bond acceptors (Lipinski definition) is 13. The van der Waals surface area contributed by atoms with Crippen LogP contribution in [0.4, 0.5) is 0 Å². The van der Waals surface area contributed by atoms with Gasteiger partial charge in [0.25, 0.3) is 0 Å². The van der Waals surface area contributed by atoms with Crippen LogP contribution in [0.1, 0.15) is 58.8 Å². The van der Waals surface area contributed by atoms with E-state index in [1.54, 1.807) is 0 Å². The van der Waals surface area contributed by atoms with E-state index in [1.165, 1.54) is 14.2 Å². The van der Waals surface area contributed by atoms with Crippen LogP contribution < -0.4 is 29.6 Å². The first kappa shape index (κ1) is 46.0. The predicted octanol–water partition coefficient (Wildman–Crippen LogP) is 1.99. The van der Waals surface area contributed by atoms with Crippen LogP contribution in [0.5, 0.6) is 0 Å². The van der Waals surface area contributed by atoms with Crippen molar-refractivity contribution >= 4 is 41.8 Å². The van der Waals surface area contributed by atoms with E-state index < -0.39 is 29.8 Å². The number of hydrogen-bond donors (Lipinski definition) is 5. The second kappa shape index (κ2) is 17.5. The van der Waals surface area contributed by atoms with E-state index >= 15 is 0 Å². The minimum absolute atomic E-state index is 0. The van der Waals surface area contributed by atoms with Crippen molar-refractivity contribution in [2.24, 2.45) is 107 Å². The molecule has 0 aromatic rings. The number of carboxylic acid groups (broad SMARTS) is 4. The summed E-state index contributed by atoms with van der Waals surface area (Å²) < 4.78 is 35.4. The minimum atomic E-state index is -1.03. The summed E-state index contributed by atoms with van der Waals surface area (Å²) in [4.78, 5) is 81.7. The Morgan fingerprint density at radius 2 is 0.938 bits per heavy atom. The number of methoxy groups -OCH3 is 2. The summed E-state index contributed by atoms with van der Waals surface area (Å²) >= 11 is 0. The average molecular weight is 924 g/mol. The fourth-order valence-electron chi connectivity index (χ4n) is 16.4. The van der Waals surface area contributed by atoms with Crippen molar-refractivity contribution in [3.8, 4) is 0 Å². The summed E-state index contributed by atoms with van der Waals surface area (Å²) in [5.74, 6) is 0.931. The Labute approximate surface area is 403 Å². The van der Waals surface area contributed by atoms with Crippen LogP contribution in [0.25, 0.3) is 0 Å². The Balaban J connectivity index is 0.000000174. The fraction of sp³-hybridized carbons (Fsp3) is 0.638. The zero-order valence-corrected chi connectivity index (χ0v) is 37.8. The van der Waals surface area contributed by atoms with Crippen LogP contribution in [0, 0.1) is 107 Å². The van der Waals surface area contributed by atoms with E-state index in [0.29, 0.717) is 94.4 Å². The fourth-order valence-corrected chi connectivity index (χ4v) is 16.4. The Morgan fingerprint density at radius 3 is 1.32 bits per heavy atom. The minimum Gasteiger partial charge on any atom is -0.870 e. The van der Waals surface area contributed by atoms with E-state index in [0.717, 1.165) is 45.4 Å². The maximum absolute atomic E-state index is 12.0. The summed E-state index contributed by atoms with van der Waals surface area (Å²) in [6.45, 7) is 1.11. The van der Waals surface area contributed by atoms with Gasteiger partial charge in [0, 0.05) is 48.4 Å². The van der Waals surface area contributed by atoms with Gasteiger partial charge in [-0.05, 0) is 110 Å². The number of aliphatic carboxylic acids is 4. The first-order valence-electron chi connectivity index (χ1n) is 23.8. The molecule has 0 aromatic carbocycles. The number of fused-ring (bicyclic) bond motifs is 26. The smallest absolute Gasteiger partial charge is 0.870 e. The monoisotopic (exact) mass is 923 g/mol. The van der Waals surface area contributed by atoms with Gasteiger partial charge in [-0.15, -0.1) is 0 Å². The molecular formula is C47H59NaO17. The van der Waals surface area contributed by atoms with Crippen LogP contribution in [0.2, 0.25) is 0 Å². The molecule has 1 aliphatic heterocycles. The molecule has 6 bridgehead atoms. The molecule has 0 radical (unpaired) electrons. The van der Waals surface area contributed by atoms with Gasteiger partial charge < -0.3 is 45.0 Å². The largest absolute Gasteiger partial charge is 1.00 e. The molecule has 18 heteroatoms. The van der Waals surface area contributed by atoms with E-state index in [-0.39, 0.29) is 112 Å². The summed E-state index contributed by atoms with van der Waals surface area (Å²) in [6, 6.07) is 0. The van der Waals surface area contributed by atoms with Gasteiger partial charge in [0.15, 0.2) is 0 Å². The predicted molar refractivity (Wildman–Crippen MR) is 220 cm³/mol. The Bertz CT molecular complexity index is 2280. The van der Waals surface area contributed by atoms with Gasteiger partial charge in [-0.3, -0.25) is 0 Å². The number of carbonyl (C=O) groups is 7. The van der Waals surface area contributed by atoms with Crippen molar-refractivity contribution in [2.75, 3.05) is 14.2 Å². The summed E-state index contributed by atoms with van der Waals surface area (Å²) in [6.07, 6.45) is 16.1. The number of esters is 2. The molecule has 8 fully saturated rings. The van der Waals surface area contributed by atoms with Gasteiger partial charge in [0.1, 0.15) is 0 Å². The summed E-state index contributed by atoms with van der Waals surface area (Å²) in [5.41, 5.74) is 1.97. The standard InChI is InChI=1S/C16H18O4.C14H14O5.C14H14O4.C2H4O3.CH4.Na.H2O.2H2/c1-19-15(17)13-11-9-6-10(8-5-3-4-7(8)9)12(11)14(13)16(18)20-2;15-13(16)10-8-3-1-5(9(8)11(10)14(17)18)7-4(3)2-6-12(7)19-6;15-13(16)11-9-7-4-8(6-3-1-2-5(6)7)10(9)12(11)14(17)18;1-2(3)5-4;;;;;/h3-4,7-12H,5-6H2,1-2H3;3-9,12H,1-2H2,(H,15,16)(H,17,18);1-2,5-10H,3-4H2,(H,15,16)(H,17,18);4H,1H3;1H4;;1H2;2*1H/q;;;;;+1;;;/p-1/i;;;;;;;1+2D;1+1D. The molecule has 0 aromatic heterocycles. The molecule has 1 heterocycles. The summed E-state index contributed by atoms with van der Waals surface area (Å²) in [7, 11) is 2.76. The second-order valence-corrected chi connectivity index (χ2v) is 19.5. The molecule has 13 rings (SSSR count). The van der Waals surface area contributed by atoms with Crippen molar-refractivity contribution in [1.29, 1.82) is 0 Å². The molecule has 6 N–H and O–H groups in total. The first-order chi connectivity index (χ1) is 31.7. The molecule has 350 valence electrons. The van der Waals surface area contributed by atoms with Crippen LogP contribution >= 0.6 is 0 Å². The maximum atomic E-state index is 12.0. The van der Waals surface area contributed by atoms with Crippen molar-refractivity contribution in [3.63, 3.8) is 0 Å². The van der Waals surface area contributed by atoms with Crippen LogP contribution in [-0.4, -0.2) is 99.4 Å². The number of ether oxygens (including phenoxy) is 3. The first-order valence-corrected chi connectivity index (χ1v) is 21.8. The quantitative estimate of drug-likeness (QED) is 0.0484. The molecular weight excluding hydrogens is 859 g/mol. The van der Waals surface area contributed by atoms with E-state index in [1.807, 2.05) is 0 Å². The average Bonchev–Trinajstić information content (AvgIpc) is 4.07. The third-order valence-electron chi connectivity index (χ3n) is 17.9. The molecule has 20 atom stereocenters. The number of carboxylic acids is 4. The molecule has 7 saturated carbocycles. The van der Waals surface area contributed by atoms with Crippen molar-refractivity contribution in [1.82, 2.24) is 0 Å². The van der Waals surface area contributed by atoms with Crippen LogP contribution in [0.15, 0.2) is 57.7 Å². The SMILES string of the molecule is C.CC(=O)OO.COC(=O)C1=C(C(=O)OC)C2C3CC(C4C=CCC43)C12.O=C(O)C1=C(C(=O)O)C2C3CC(C4C=CCC43)C12.O=C(O)C1=C(C(=O)O)C2C3CC(C4CC5OC5C43)C12.[2H][2H].[2H][3H].[Na+].[OH-]. The third-order valence-corrected chi connectivity index (χ3v) is 17.9. The zero-order chi connectivity index (χ0) is 48.0. The molecule has 20 unspecified atom stereocenters. The number of rotatable bonds is 6. The molecule has 13 aliphatic rings. The van der Waals surface area contributed by atoms with Crippen molar-refractivity contribution in [2.45, 2.75) is 65.1 Å². The van der Waals surface area contributed by atoms with E-state index in [9.17, 15) is 54.0 Å². The number of epoxide rings is 1. The topological polar surface area (TPSA) is 291 Å². The van der Waals surface area contributed by atoms with Gasteiger partial charge in [0.2, 0.25) is 0 Å². The van der Waals surface area contributed by atoms with Crippen LogP contribution in [0.3, 0.4) is 0 Å². The van der Waals surface area contributed by atoms with Gasteiger partial charge in [-0.2, -0.15) is 5.26 Å². The van der Waals surface area contributed by atoms with Crippen LogP contribution in [-0.2, 0) is 52.7 Å². The van der Waals surface area contributed by atoms with Gasteiger partial charge in [-0.1, -0.05) is 31.7 Å². The molecule has 17 nitrogen and oxygen atoms in total. The van der Waals surface area contributed by atoms with Gasteiger partial charge in [0.05, 0.1) is 59.9 Å². The van der Waals surface area contributed by atoms with Crippen molar-refractivity contribution < 1.29 is 119 Å². The third kappa shape index (κ3) is 6.79. The van der Waals surface area contributed by atoms with E-state index in [4.69, 9.17) is 25.4 Å². The van der Waals surface area contributed by atoms with Gasteiger partial charge >= 0.3 is 71.3 Å². The summed E-state index contributed by atoms with van der Waals surface area (Å²) in [5, 5.41) is 44.3. The number of allylic oxidation sites excluding steroid dienone is 4. The normalized spacial score (nSPS) is 43.2. The van der Waals surface area contributed by atoms with Gasteiger partial charge in [-0.25, -0.2) is 33.6 Å². The Hall–Kier alpha value is -4.13. The molecule has 65 heavy (non-hydrogen) atoms. The molecule has 0 amide bonds. The van der Waals surface area contributed by atoms with E-state index in [2.05, 4.69) is 29.2 Å². The molecule has 12 aliphatic carbocycles. The molecule has 0 spiro atoms. The zero-order valence-electron chi connectivity index (χ0n) is 39.8. The Morgan fingerprint density at radius 1 is 0.600 bits per heavy atom. The maximum Gasteiger partial charge on any atom is 1.00 e. The number of carbonyl (C=O) groups excluding carboxylic acids is 3. The second-order valence-electron chi connectivity index (χ2n) is 19.5. The van der Waals surface area contributed by atoms with Crippen molar-refractivity contribution in [3.05, 3.63) is 57.7 Å².